The van der Waals surface area contributed by atoms with Crippen molar-refractivity contribution >= 4 is 16.7 Å². The van der Waals surface area contributed by atoms with E-state index in [1.807, 2.05) is 30.3 Å². The first-order valence-corrected chi connectivity index (χ1v) is 7.95. The number of carbonyl (C=O) groups excluding carboxylic acids is 1. The van der Waals surface area contributed by atoms with Crippen LogP contribution in [-0.4, -0.2) is 11.9 Å². The van der Waals surface area contributed by atoms with Gasteiger partial charge in [-0.05, 0) is 41.2 Å². The Bertz CT molecular complexity index is 649. The van der Waals surface area contributed by atoms with Gasteiger partial charge in [-0.3, -0.25) is 4.79 Å². The van der Waals surface area contributed by atoms with Crippen LogP contribution in [0.15, 0.2) is 42.5 Å². The maximum atomic E-state index is 12.5. The summed E-state index contributed by atoms with van der Waals surface area (Å²) in [7, 11) is 0. The normalized spacial score (nSPS) is 25.7. The molecule has 2 nitrogen and oxygen atoms in total. The fourth-order valence-corrected chi connectivity index (χ4v) is 3.37. The number of hydrogen-bond donors (Lipinski definition) is 1. The molecule has 1 aliphatic carbocycles. The number of nitrogens with one attached hydrogen (secondary N) is 1. The third kappa shape index (κ3) is 2.94. The van der Waals surface area contributed by atoms with E-state index in [-0.39, 0.29) is 5.91 Å². The van der Waals surface area contributed by atoms with Crippen molar-refractivity contribution in [2.45, 2.75) is 39.2 Å². The van der Waals surface area contributed by atoms with Crippen LogP contribution in [-0.2, 0) is 0 Å². The van der Waals surface area contributed by atoms with Crippen molar-refractivity contribution < 1.29 is 4.79 Å². The van der Waals surface area contributed by atoms with Crippen LogP contribution in [0.2, 0.25) is 0 Å². The zero-order valence-corrected chi connectivity index (χ0v) is 12.8. The lowest BCUT2D eigenvalue weighted by Gasteiger charge is -2.34. The maximum Gasteiger partial charge on any atom is 0.251 e. The van der Waals surface area contributed by atoms with E-state index in [9.17, 15) is 4.79 Å². The second-order valence-electron chi connectivity index (χ2n) is 6.41. The van der Waals surface area contributed by atoms with Crippen molar-refractivity contribution in [2.75, 3.05) is 0 Å². The second kappa shape index (κ2) is 5.88. The van der Waals surface area contributed by atoms with Gasteiger partial charge < -0.3 is 5.32 Å². The van der Waals surface area contributed by atoms with Gasteiger partial charge >= 0.3 is 0 Å². The van der Waals surface area contributed by atoms with E-state index >= 15 is 0 Å². The molecule has 0 saturated heterocycles. The predicted molar refractivity (Wildman–Crippen MR) is 87.4 cm³/mol. The summed E-state index contributed by atoms with van der Waals surface area (Å²) in [4.78, 5) is 12.5. The third-order valence-electron chi connectivity index (χ3n) is 5.03. The van der Waals surface area contributed by atoms with Gasteiger partial charge in [0.15, 0.2) is 0 Å². The summed E-state index contributed by atoms with van der Waals surface area (Å²) in [6.45, 7) is 4.55. The van der Waals surface area contributed by atoms with Gasteiger partial charge in [0.1, 0.15) is 0 Å². The Balaban J connectivity index is 1.77. The molecule has 1 N–H and O–H groups in total. The molecule has 3 atom stereocenters. The van der Waals surface area contributed by atoms with E-state index in [1.54, 1.807) is 0 Å². The second-order valence-corrected chi connectivity index (χ2v) is 6.41. The van der Waals surface area contributed by atoms with Crippen LogP contribution in [0.3, 0.4) is 0 Å². The highest BCUT2D eigenvalue weighted by Crippen LogP contribution is 2.29. The van der Waals surface area contributed by atoms with Crippen molar-refractivity contribution in [3.8, 4) is 0 Å². The zero-order chi connectivity index (χ0) is 14.8. The van der Waals surface area contributed by atoms with E-state index < -0.39 is 0 Å². The first kappa shape index (κ1) is 14.1. The molecule has 1 saturated carbocycles. The van der Waals surface area contributed by atoms with Crippen molar-refractivity contribution in [1.82, 2.24) is 5.32 Å². The molecule has 3 rings (SSSR count). The highest BCUT2D eigenvalue weighted by molar-refractivity contribution is 5.98. The molecule has 110 valence electrons. The first-order chi connectivity index (χ1) is 10.1. The molecule has 2 aromatic carbocycles. The average molecular weight is 281 g/mol. The lowest BCUT2D eigenvalue weighted by molar-refractivity contribution is 0.0891. The van der Waals surface area contributed by atoms with Gasteiger partial charge in [-0.2, -0.15) is 0 Å². The SMILES string of the molecule is CC1CCCC(NC(=O)c2ccc3ccccc3c2)C1C. The summed E-state index contributed by atoms with van der Waals surface area (Å²) in [5, 5.41) is 5.54. The molecule has 1 amide bonds. The Morgan fingerprint density at radius 2 is 1.81 bits per heavy atom. The fraction of sp³-hybridized carbons (Fsp3) is 0.421. The molecule has 0 spiro atoms. The van der Waals surface area contributed by atoms with E-state index in [1.165, 1.54) is 18.2 Å². The number of fused-ring (bicyclic) bond motifs is 1. The van der Waals surface area contributed by atoms with Crippen molar-refractivity contribution in [1.29, 1.82) is 0 Å². The van der Waals surface area contributed by atoms with Crippen LogP contribution in [0, 0.1) is 11.8 Å². The Hall–Kier alpha value is -1.83. The molecule has 2 heteroatoms. The zero-order valence-electron chi connectivity index (χ0n) is 12.8. The summed E-state index contributed by atoms with van der Waals surface area (Å²) < 4.78 is 0. The number of benzene rings is 2. The standard InChI is InChI=1S/C19H23NO/c1-13-6-5-9-18(14(13)2)20-19(21)17-11-10-15-7-3-4-8-16(15)12-17/h3-4,7-8,10-14,18H,5-6,9H2,1-2H3,(H,20,21). The van der Waals surface area contributed by atoms with Gasteiger partial charge in [-0.25, -0.2) is 0 Å². The van der Waals surface area contributed by atoms with Gasteiger partial charge in [0, 0.05) is 11.6 Å². The smallest absolute Gasteiger partial charge is 0.251 e. The molecule has 0 radical (unpaired) electrons. The van der Waals surface area contributed by atoms with Gasteiger partial charge in [-0.1, -0.05) is 57.0 Å². The molecular formula is C19H23NO. The van der Waals surface area contributed by atoms with Crippen molar-refractivity contribution in [3.63, 3.8) is 0 Å². The van der Waals surface area contributed by atoms with Crippen LogP contribution < -0.4 is 5.32 Å². The summed E-state index contributed by atoms with van der Waals surface area (Å²) in [5.74, 6) is 1.32. The van der Waals surface area contributed by atoms with E-state index in [0.717, 1.165) is 17.4 Å². The highest BCUT2D eigenvalue weighted by Gasteiger charge is 2.28. The minimum atomic E-state index is 0.0618. The number of amides is 1. The van der Waals surface area contributed by atoms with Crippen molar-refractivity contribution in [2.24, 2.45) is 11.8 Å². The molecule has 21 heavy (non-hydrogen) atoms. The van der Waals surface area contributed by atoms with E-state index in [0.29, 0.717) is 17.9 Å². The lowest BCUT2D eigenvalue weighted by Crippen LogP contribution is -2.43. The van der Waals surface area contributed by atoms with Crippen LogP contribution >= 0.6 is 0 Å². The van der Waals surface area contributed by atoms with E-state index in [2.05, 4.69) is 31.3 Å². The van der Waals surface area contributed by atoms with Gasteiger partial charge in [0.05, 0.1) is 0 Å². The Morgan fingerprint density at radius 3 is 2.62 bits per heavy atom. The predicted octanol–water partition coefficient (Wildman–Crippen LogP) is 4.39. The maximum absolute atomic E-state index is 12.5. The Kier molecular flexibility index (Phi) is 3.96. The number of hydrogen-bond acceptors (Lipinski definition) is 1. The molecule has 2 aromatic rings. The largest absolute Gasteiger partial charge is 0.349 e. The minimum Gasteiger partial charge on any atom is -0.349 e. The van der Waals surface area contributed by atoms with Gasteiger partial charge in [-0.15, -0.1) is 0 Å². The quantitative estimate of drug-likeness (QED) is 0.868. The molecule has 0 aromatic heterocycles. The van der Waals surface area contributed by atoms with Crippen LogP contribution in [0.1, 0.15) is 43.5 Å². The van der Waals surface area contributed by atoms with Crippen LogP contribution in [0.4, 0.5) is 0 Å². The molecular weight excluding hydrogens is 258 g/mol. The minimum absolute atomic E-state index is 0.0618. The van der Waals surface area contributed by atoms with Gasteiger partial charge in [0.2, 0.25) is 0 Å². The Labute approximate surface area is 126 Å². The summed E-state index contributed by atoms with van der Waals surface area (Å²) in [6.07, 6.45) is 3.60. The monoisotopic (exact) mass is 281 g/mol. The van der Waals surface area contributed by atoms with Gasteiger partial charge in [0.25, 0.3) is 5.91 Å². The topological polar surface area (TPSA) is 29.1 Å². The molecule has 1 fully saturated rings. The van der Waals surface area contributed by atoms with Crippen molar-refractivity contribution in [3.05, 3.63) is 48.0 Å². The summed E-state index contributed by atoms with van der Waals surface area (Å²) in [6, 6.07) is 14.4. The Morgan fingerprint density at radius 1 is 1.05 bits per heavy atom. The number of carbonyl (C=O) groups is 1. The molecule has 0 heterocycles. The van der Waals surface area contributed by atoms with Crippen LogP contribution in [0.25, 0.3) is 10.8 Å². The third-order valence-corrected chi connectivity index (χ3v) is 5.03. The molecule has 1 aliphatic rings. The molecule has 0 bridgehead atoms. The van der Waals surface area contributed by atoms with Crippen LogP contribution in [0.5, 0.6) is 0 Å². The number of rotatable bonds is 2. The molecule has 3 unspecified atom stereocenters. The fourth-order valence-electron chi connectivity index (χ4n) is 3.37. The average Bonchev–Trinajstić information content (AvgIpc) is 2.51. The summed E-state index contributed by atoms with van der Waals surface area (Å²) >= 11 is 0. The first-order valence-electron chi connectivity index (χ1n) is 7.95. The van der Waals surface area contributed by atoms with E-state index in [4.69, 9.17) is 0 Å². The lowest BCUT2D eigenvalue weighted by atomic mass is 9.78. The highest BCUT2D eigenvalue weighted by atomic mass is 16.1. The molecule has 0 aliphatic heterocycles. The summed E-state index contributed by atoms with van der Waals surface area (Å²) in [5.41, 5.74) is 0.763.